The minimum absolute atomic E-state index is 0.0854. The first kappa shape index (κ1) is 8.48. The summed E-state index contributed by atoms with van der Waals surface area (Å²) in [6.45, 7) is 8.85. The molecule has 2 atom stereocenters. The first-order valence-corrected chi connectivity index (χ1v) is 4.71. The molecule has 3 heteroatoms. The lowest BCUT2D eigenvalue weighted by Crippen LogP contribution is -2.60. The molecule has 0 radical (unpaired) electrons. The highest BCUT2D eigenvalue weighted by Crippen LogP contribution is 2.33. The van der Waals surface area contributed by atoms with Crippen molar-refractivity contribution in [2.24, 2.45) is 5.73 Å². The fourth-order valence-electron chi connectivity index (χ4n) is 2.44. The summed E-state index contributed by atoms with van der Waals surface area (Å²) in [4.78, 5) is 2.52. The Bertz CT molecular complexity index is 196. The van der Waals surface area contributed by atoms with Gasteiger partial charge < -0.3 is 5.73 Å². The number of rotatable bonds is 0. The molecule has 0 aliphatic carbocycles. The highest BCUT2D eigenvalue weighted by molar-refractivity contribution is 5.08. The normalized spacial score (nSPS) is 42.5. The molecule has 0 aromatic heterocycles. The van der Waals surface area contributed by atoms with E-state index < -0.39 is 0 Å². The minimum atomic E-state index is -0.0854. The second kappa shape index (κ2) is 2.22. The Kier molecular flexibility index (Phi) is 1.57. The van der Waals surface area contributed by atoms with Crippen molar-refractivity contribution < 1.29 is 0 Å². The standard InChI is InChI=1S/C9H19N3/c1-8(2,3)12-6-9(10)4-7(12)5-11-9/h7,11H,4-6,10H2,1-3H3/t7-,9-/m1/s1. The summed E-state index contributed by atoms with van der Waals surface area (Å²) in [7, 11) is 0. The second-order valence-electron chi connectivity index (χ2n) is 5.19. The number of hydrogen-bond acceptors (Lipinski definition) is 3. The van der Waals surface area contributed by atoms with Gasteiger partial charge in [0.1, 0.15) is 0 Å². The van der Waals surface area contributed by atoms with Crippen LogP contribution in [0.25, 0.3) is 0 Å². The lowest BCUT2D eigenvalue weighted by Gasteiger charge is -2.40. The van der Waals surface area contributed by atoms with Gasteiger partial charge in [-0.05, 0) is 27.2 Å². The van der Waals surface area contributed by atoms with E-state index in [1.54, 1.807) is 0 Å². The van der Waals surface area contributed by atoms with Gasteiger partial charge in [-0.2, -0.15) is 0 Å². The number of likely N-dealkylation sites (tertiary alicyclic amines) is 1. The first-order valence-electron chi connectivity index (χ1n) is 4.71. The topological polar surface area (TPSA) is 41.3 Å². The molecule has 3 N–H and O–H groups in total. The molecule has 70 valence electrons. The average Bonchev–Trinajstić information content (AvgIpc) is 2.39. The molecule has 0 aromatic rings. The van der Waals surface area contributed by atoms with Crippen molar-refractivity contribution in [3.8, 4) is 0 Å². The zero-order valence-corrected chi connectivity index (χ0v) is 8.22. The summed E-state index contributed by atoms with van der Waals surface area (Å²) in [6, 6.07) is 0.662. The number of piperazine rings is 1. The molecule has 0 saturated carbocycles. The molecule has 0 unspecified atom stereocenters. The van der Waals surface area contributed by atoms with Crippen LogP contribution in [0.1, 0.15) is 27.2 Å². The lowest BCUT2D eigenvalue weighted by molar-refractivity contribution is 0.0923. The van der Waals surface area contributed by atoms with Crippen LogP contribution in [0.3, 0.4) is 0 Å². The quantitative estimate of drug-likeness (QED) is 0.541. The SMILES string of the molecule is CC(C)(C)N1C[C@@]2(N)C[C@@H]1CN2. The molecular formula is C9H19N3. The van der Waals surface area contributed by atoms with E-state index in [0.29, 0.717) is 6.04 Å². The largest absolute Gasteiger partial charge is 0.312 e. The Morgan fingerprint density at radius 1 is 1.50 bits per heavy atom. The summed E-state index contributed by atoms with van der Waals surface area (Å²) < 4.78 is 0. The molecule has 0 amide bonds. The van der Waals surface area contributed by atoms with Gasteiger partial charge in [0, 0.05) is 24.7 Å². The Morgan fingerprint density at radius 2 is 2.17 bits per heavy atom. The highest BCUT2D eigenvalue weighted by Gasteiger charge is 2.49. The fraction of sp³-hybridized carbons (Fsp3) is 1.00. The maximum atomic E-state index is 6.13. The molecule has 2 rings (SSSR count). The molecule has 0 spiro atoms. The first-order chi connectivity index (χ1) is 5.41. The third-order valence-corrected chi connectivity index (χ3v) is 3.04. The van der Waals surface area contributed by atoms with Gasteiger partial charge in [0.15, 0.2) is 0 Å². The summed E-state index contributed by atoms with van der Waals surface area (Å²) in [6.07, 6.45) is 1.12. The monoisotopic (exact) mass is 169 g/mol. The molecule has 2 bridgehead atoms. The van der Waals surface area contributed by atoms with Gasteiger partial charge in [-0.25, -0.2) is 0 Å². The van der Waals surface area contributed by atoms with Gasteiger partial charge in [-0.1, -0.05) is 0 Å². The third-order valence-electron chi connectivity index (χ3n) is 3.04. The van der Waals surface area contributed by atoms with E-state index in [0.717, 1.165) is 19.5 Å². The number of nitrogens with two attached hydrogens (primary N) is 1. The predicted molar refractivity (Wildman–Crippen MR) is 49.8 cm³/mol. The van der Waals surface area contributed by atoms with Gasteiger partial charge in [0.05, 0.1) is 5.66 Å². The van der Waals surface area contributed by atoms with Gasteiger partial charge in [0.2, 0.25) is 0 Å². The van der Waals surface area contributed by atoms with Gasteiger partial charge >= 0.3 is 0 Å². The summed E-state index contributed by atoms with van der Waals surface area (Å²) in [5, 5.41) is 3.37. The Morgan fingerprint density at radius 3 is 2.42 bits per heavy atom. The van der Waals surface area contributed by atoms with Crippen LogP contribution in [-0.2, 0) is 0 Å². The Balaban J connectivity index is 2.15. The van der Waals surface area contributed by atoms with E-state index in [1.165, 1.54) is 0 Å². The molecule has 2 heterocycles. The van der Waals surface area contributed by atoms with Crippen LogP contribution in [0.5, 0.6) is 0 Å². The predicted octanol–water partition coefficient (Wildman–Crippen LogP) is 0.117. The molecule has 0 aromatic carbocycles. The molecule has 2 aliphatic rings. The number of hydrogen-bond donors (Lipinski definition) is 2. The highest BCUT2D eigenvalue weighted by atomic mass is 15.4. The van der Waals surface area contributed by atoms with E-state index in [4.69, 9.17) is 5.73 Å². The van der Waals surface area contributed by atoms with Crippen LogP contribution in [0.15, 0.2) is 0 Å². The molecule has 3 nitrogen and oxygen atoms in total. The maximum absolute atomic E-state index is 6.13. The maximum Gasteiger partial charge on any atom is 0.0809 e. The number of nitrogens with zero attached hydrogens (tertiary/aromatic N) is 1. The smallest absolute Gasteiger partial charge is 0.0809 e. The van der Waals surface area contributed by atoms with Gasteiger partial charge in [-0.15, -0.1) is 0 Å². The van der Waals surface area contributed by atoms with Crippen molar-refractivity contribution in [1.29, 1.82) is 0 Å². The van der Waals surface area contributed by atoms with Crippen LogP contribution >= 0.6 is 0 Å². The molecule has 2 saturated heterocycles. The number of fused-ring (bicyclic) bond motifs is 2. The minimum Gasteiger partial charge on any atom is -0.312 e. The van der Waals surface area contributed by atoms with E-state index in [9.17, 15) is 0 Å². The Hall–Kier alpha value is -0.120. The summed E-state index contributed by atoms with van der Waals surface area (Å²) in [5.41, 5.74) is 6.32. The average molecular weight is 169 g/mol. The molecule has 12 heavy (non-hydrogen) atoms. The van der Waals surface area contributed by atoms with Crippen LogP contribution < -0.4 is 11.1 Å². The lowest BCUT2D eigenvalue weighted by atomic mass is 10.0. The summed E-state index contributed by atoms with van der Waals surface area (Å²) >= 11 is 0. The fourth-order valence-corrected chi connectivity index (χ4v) is 2.44. The zero-order chi connectivity index (χ0) is 8.98. The molecule has 2 fully saturated rings. The molecular weight excluding hydrogens is 150 g/mol. The second-order valence-corrected chi connectivity index (χ2v) is 5.19. The van der Waals surface area contributed by atoms with Crippen molar-refractivity contribution in [3.05, 3.63) is 0 Å². The van der Waals surface area contributed by atoms with E-state index in [-0.39, 0.29) is 11.2 Å². The third kappa shape index (κ3) is 1.16. The van der Waals surface area contributed by atoms with Crippen LogP contribution in [0, 0.1) is 0 Å². The van der Waals surface area contributed by atoms with Crippen LogP contribution in [0.4, 0.5) is 0 Å². The Labute approximate surface area is 74.3 Å². The van der Waals surface area contributed by atoms with Crippen LogP contribution in [0.2, 0.25) is 0 Å². The van der Waals surface area contributed by atoms with E-state index in [2.05, 4.69) is 31.0 Å². The van der Waals surface area contributed by atoms with Crippen molar-refractivity contribution in [3.63, 3.8) is 0 Å². The van der Waals surface area contributed by atoms with Crippen molar-refractivity contribution in [2.75, 3.05) is 13.1 Å². The van der Waals surface area contributed by atoms with Gasteiger partial charge in [0.25, 0.3) is 0 Å². The van der Waals surface area contributed by atoms with E-state index >= 15 is 0 Å². The van der Waals surface area contributed by atoms with Crippen LogP contribution in [-0.4, -0.2) is 35.2 Å². The zero-order valence-electron chi connectivity index (χ0n) is 8.22. The van der Waals surface area contributed by atoms with Crippen molar-refractivity contribution in [2.45, 2.75) is 44.4 Å². The summed E-state index contributed by atoms with van der Waals surface area (Å²) in [5.74, 6) is 0. The van der Waals surface area contributed by atoms with E-state index in [1.807, 2.05) is 0 Å². The van der Waals surface area contributed by atoms with Crippen molar-refractivity contribution in [1.82, 2.24) is 10.2 Å². The van der Waals surface area contributed by atoms with Crippen molar-refractivity contribution >= 4 is 0 Å². The number of nitrogens with one attached hydrogen (secondary N) is 1. The van der Waals surface area contributed by atoms with Gasteiger partial charge in [-0.3, -0.25) is 10.2 Å². The molecule has 2 aliphatic heterocycles.